The molecule has 0 spiro atoms. The zero-order valence-corrected chi connectivity index (χ0v) is 51.4. The molecule has 0 fully saturated rings. The zero-order valence-electron chi connectivity index (χ0n) is 51.4. The van der Waals surface area contributed by atoms with Crippen molar-refractivity contribution < 1.29 is 0 Å². The molecule has 0 aliphatic heterocycles. The fourth-order valence-electron chi connectivity index (χ4n) is 10.1. The molecule has 6 aromatic rings. The van der Waals surface area contributed by atoms with Crippen LogP contribution in [-0.2, 0) is 0 Å². The van der Waals surface area contributed by atoms with E-state index in [4.69, 9.17) is 0 Å². The van der Waals surface area contributed by atoms with Gasteiger partial charge in [-0.1, -0.05) is 290 Å². The SMILES string of the molecule is CC.CC.CC.CC.CC.CC.Cc1ccc(C(CC(C)C)CC(CC(CC(CC(CC(CC(C)C)c2ccc(C)cc2)c2ccc(C)cc2)c2ccc(C)cc2)c2ccc(C)cc2)c2ccc(C)cc2)cc1. The molecule has 0 N–H and O–H groups in total. The van der Waals surface area contributed by atoms with E-state index < -0.39 is 0 Å². The summed E-state index contributed by atoms with van der Waals surface area (Å²) in [6.45, 7) is 46.9. The van der Waals surface area contributed by atoms with Gasteiger partial charge in [0.25, 0.3) is 0 Å². The van der Waals surface area contributed by atoms with Gasteiger partial charge >= 0.3 is 0 Å². The molecule has 0 saturated heterocycles. The van der Waals surface area contributed by atoms with E-state index in [0.717, 1.165) is 32.1 Å². The average Bonchev–Trinajstić information content (AvgIpc) is 3.42. The van der Waals surface area contributed by atoms with Crippen LogP contribution in [0, 0.1) is 53.4 Å². The third-order valence-corrected chi connectivity index (χ3v) is 13.6. The predicted molar refractivity (Wildman–Crippen MR) is 334 cm³/mol. The van der Waals surface area contributed by atoms with Crippen molar-refractivity contribution in [3.05, 3.63) is 212 Å². The van der Waals surface area contributed by atoms with Gasteiger partial charge in [0.05, 0.1) is 0 Å². The minimum Gasteiger partial charge on any atom is -0.0683 e. The highest BCUT2D eigenvalue weighted by molar-refractivity contribution is 5.34. The highest BCUT2D eigenvalue weighted by Gasteiger charge is 2.30. The molecule has 6 aromatic carbocycles. The first-order valence-electron chi connectivity index (χ1n) is 29.7. The van der Waals surface area contributed by atoms with Crippen LogP contribution >= 0.6 is 0 Å². The molecule has 6 unspecified atom stereocenters. The van der Waals surface area contributed by atoms with Gasteiger partial charge in [-0.2, -0.15) is 0 Å². The van der Waals surface area contributed by atoms with Crippen LogP contribution in [0.25, 0.3) is 0 Å². The van der Waals surface area contributed by atoms with Crippen molar-refractivity contribution in [2.24, 2.45) is 11.8 Å². The maximum Gasteiger partial charge on any atom is -0.0150 e. The van der Waals surface area contributed by atoms with E-state index in [1.807, 2.05) is 83.1 Å². The molecule has 0 aliphatic rings. The molecule has 0 heterocycles. The Kier molecular flexibility index (Phi) is 37.2. The van der Waals surface area contributed by atoms with Crippen molar-refractivity contribution in [1.82, 2.24) is 0 Å². The third-order valence-electron chi connectivity index (χ3n) is 13.6. The van der Waals surface area contributed by atoms with E-state index in [1.54, 1.807) is 0 Å². The summed E-state index contributed by atoms with van der Waals surface area (Å²) in [7, 11) is 0. The minimum atomic E-state index is 0.401. The van der Waals surface area contributed by atoms with E-state index in [9.17, 15) is 0 Å². The molecule has 0 aliphatic carbocycles. The van der Waals surface area contributed by atoms with E-state index in [-0.39, 0.29) is 0 Å². The summed E-state index contributed by atoms with van der Waals surface area (Å²) in [4.78, 5) is 0. The first-order valence-corrected chi connectivity index (χ1v) is 29.7. The Labute approximate surface area is 454 Å². The Bertz CT molecular complexity index is 2000. The highest BCUT2D eigenvalue weighted by atomic mass is 14.3. The van der Waals surface area contributed by atoms with Gasteiger partial charge in [-0.3, -0.25) is 0 Å². The van der Waals surface area contributed by atoms with Crippen molar-refractivity contribution in [3.8, 4) is 0 Å². The van der Waals surface area contributed by atoms with Gasteiger partial charge in [-0.15, -0.1) is 0 Å². The quantitative estimate of drug-likeness (QED) is 0.0715. The van der Waals surface area contributed by atoms with Gasteiger partial charge in [-0.25, -0.2) is 0 Å². The predicted octanol–water partition coefficient (Wildman–Crippen LogP) is 23.7. The molecular weight excluding hydrogens is 877 g/mol. The molecule has 0 saturated carbocycles. The Morgan fingerprint density at radius 1 is 0.192 bits per heavy atom. The van der Waals surface area contributed by atoms with Gasteiger partial charge < -0.3 is 0 Å². The van der Waals surface area contributed by atoms with E-state index in [1.165, 1.54) is 79.6 Å². The van der Waals surface area contributed by atoms with Crippen molar-refractivity contribution >= 4 is 0 Å². The Hall–Kier alpha value is -4.68. The van der Waals surface area contributed by atoms with Crippen LogP contribution in [0.3, 0.4) is 0 Å². The number of rotatable bonds is 20. The standard InChI is InChI=1S/C61H76.6C2H6/c1-42(2)35-56(50-23-11-44(5)12-24-50)37-58(52-27-15-46(7)16-28-52)39-60(54-31-19-48(9)20-32-54)41-61(55-33-21-49(10)22-34-55)40-59(53-29-17-47(8)18-30-53)38-57(36-43(3)4)51-25-13-45(6)14-26-51;6*1-2/h11-34,42-43,56-61H,35-41H2,1-10H3;6*1-2H3. The lowest BCUT2D eigenvalue weighted by Crippen LogP contribution is -2.17. The Balaban J connectivity index is 0.00000402. The van der Waals surface area contributed by atoms with Crippen LogP contribution in [0.5, 0.6) is 0 Å². The first-order chi connectivity index (χ1) is 35.3. The lowest BCUT2D eigenvalue weighted by molar-refractivity contribution is 0.370. The van der Waals surface area contributed by atoms with Crippen LogP contribution in [0.4, 0.5) is 0 Å². The third kappa shape index (κ3) is 24.9. The largest absolute Gasteiger partial charge is 0.0683 e. The number of hydrogen-bond donors (Lipinski definition) is 0. The molecule has 0 nitrogen and oxygen atoms in total. The number of hydrogen-bond acceptors (Lipinski definition) is 0. The van der Waals surface area contributed by atoms with Crippen LogP contribution in [0.1, 0.15) is 258 Å². The molecule has 0 radical (unpaired) electrons. The maximum absolute atomic E-state index is 2.46. The van der Waals surface area contributed by atoms with Crippen LogP contribution in [0.15, 0.2) is 146 Å². The molecule has 73 heavy (non-hydrogen) atoms. The lowest BCUT2D eigenvalue weighted by Gasteiger charge is -2.33. The monoisotopic (exact) mass is 989 g/mol. The summed E-state index contributed by atoms with van der Waals surface area (Å²) in [5.41, 5.74) is 16.9. The van der Waals surface area contributed by atoms with Crippen molar-refractivity contribution in [2.75, 3.05) is 0 Å². The van der Waals surface area contributed by atoms with Gasteiger partial charge in [0.2, 0.25) is 0 Å². The molecule has 0 aromatic heterocycles. The van der Waals surface area contributed by atoms with Crippen molar-refractivity contribution in [1.29, 1.82) is 0 Å². The zero-order chi connectivity index (χ0) is 55.5. The maximum atomic E-state index is 2.46. The van der Waals surface area contributed by atoms with Crippen LogP contribution in [0.2, 0.25) is 0 Å². The molecule has 6 atom stereocenters. The first kappa shape index (κ1) is 68.3. The van der Waals surface area contributed by atoms with E-state index in [2.05, 4.69) is 215 Å². The van der Waals surface area contributed by atoms with Gasteiger partial charge in [-0.05, 0) is 167 Å². The summed E-state index contributed by atoms with van der Waals surface area (Å²) in [6, 6.07) is 57.3. The highest BCUT2D eigenvalue weighted by Crippen LogP contribution is 2.47. The fraction of sp³-hybridized carbons (Fsp3) is 0.507. The normalized spacial score (nSPS) is 12.8. The average molecular weight is 990 g/mol. The lowest BCUT2D eigenvalue weighted by atomic mass is 9.71. The molecule has 0 heteroatoms. The summed E-state index contributed by atoms with van der Waals surface area (Å²) in [5, 5.41) is 0. The second-order valence-electron chi connectivity index (χ2n) is 20.1. The van der Waals surface area contributed by atoms with Crippen molar-refractivity contribution in [3.63, 3.8) is 0 Å². The second-order valence-corrected chi connectivity index (χ2v) is 20.1. The van der Waals surface area contributed by atoms with Gasteiger partial charge in [0.15, 0.2) is 0 Å². The summed E-state index contributed by atoms with van der Waals surface area (Å²) < 4.78 is 0. The Morgan fingerprint density at radius 3 is 0.411 bits per heavy atom. The molecular formula is C73H112. The molecule has 6 rings (SSSR count). The number of benzene rings is 6. The summed E-state index contributed by atoms with van der Waals surface area (Å²) in [6.07, 6.45) is 8.08. The van der Waals surface area contributed by atoms with Gasteiger partial charge in [0.1, 0.15) is 0 Å². The Morgan fingerprint density at radius 2 is 0.301 bits per heavy atom. The van der Waals surface area contributed by atoms with E-state index >= 15 is 0 Å². The summed E-state index contributed by atoms with van der Waals surface area (Å²) in [5.74, 6) is 3.93. The smallest absolute Gasteiger partial charge is 0.0150 e. The van der Waals surface area contributed by atoms with Crippen LogP contribution in [-0.4, -0.2) is 0 Å². The van der Waals surface area contributed by atoms with Crippen molar-refractivity contribution in [2.45, 2.75) is 233 Å². The summed E-state index contributed by atoms with van der Waals surface area (Å²) >= 11 is 0. The van der Waals surface area contributed by atoms with Gasteiger partial charge in [0, 0.05) is 0 Å². The second kappa shape index (κ2) is 39.7. The number of aryl methyl sites for hydroxylation is 6. The topological polar surface area (TPSA) is 0 Å². The van der Waals surface area contributed by atoms with Crippen LogP contribution < -0.4 is 0 Å². The fourth-order valence-corrected chi connectivity index (χ4v) is 10.1. The molecule has 0 bridgehead atoms. The minimum absolute atomic E-state index is 0.401. The molecule has 0 amide bonds. The molecule has 404 valence electrons. The van der Waals surface area contributed by atoms with E-state index in [0.29, 0.717) is 47.3 Å².